The minimum absolute atomic E-state index is 0.896. The maximum absolute atomic E-state index is 4.60. The van der Waals surface area contributed by atoms with Crippen LogP contribution in [-0.4, -0.2) is 29.9 Å². The largest absolute Gasteiger partial charge is 0.332 e. The van der Waals surface area contributed by atoms with E-state index >= 15 is 0 Å². The van der Waals surface area contributed by atoms with E-state index in [9.17, 15) is 0 Å². The van der Waals surface area contributed by atoms with Crippen LogP contribution in [0.4, 0.5) is 0 Å². The van der Waals surface area contributed by atoms with E-state index < -0.39 is 0 Å². The molecular formula is C19H25N2S+. The fraction of sp³-hybridized carbons (Fsp3) is 0.526. The minimum atomic E-state index is 0.896. The second kappa shape index (κ2) is 6.59. The zero-order valence-electron chi connectivity index (χ0n) is 13.1. The molecule has 4 rings (SSSR count). The molecule has 0 saturated carbocycles. The summed E-state index contributed by atoms with van der Waals surface area (Å²) in [5.74, 6) is 2.16. The van der Waals surface area contributed by atoms with E-state index in [4.69, 9.17) is 0 Å². The lowest BCUT2D eigenvalue weighted by Crippen LogP contribution is -3.18. The van der Waals surface area contributed by atoms with Crippen molar-refractivity contribution in [3.63, 3.8) is 0 Å². The van der Waals surface area contributed by atoms with E-state index in [2.05, 4.69) is 29.2 Å². The molecule has 0 amide bonds. The highest BCUT2D eigenvalue weighted by molar-refractivity contribution is 7.99. The van der Waals surface area contributed by atoms with Crippen LogP contribution < -0.4 is 4.90 Å². The number of aromatic nitrogens is 1. The van der Waals surface area contributed by atoms with Crippen LogP contribution in [0.3, 0.4) is 0 Å². The number of benzene rings is 1. The molecule has 22 heavy (non-hydrogen) atoms. The summed E-state index contributed by atoms with van der Waals surface area (Å²) < 4.78 is 0. The second-order valence-corrected chi connectivity index (χ2v) is 7.87. The smallest absolute Gasteiger partial charge is 0.0911 e. The molecule has 2 saturated heterocycles. The van der Waals surface area contributed by atoms with E-state index in [1.807, 2.05) is 28.9 Å². The van der Waals surface area contributed by atoms with Gasteiger partial charge in [-0.05, 0) is 44.2 Å². The lowest BCUT2D eigenvalue weighted by atomic mass is 9.85. The van der Waals surface area contributed by atoms with Crippen molar-refractivity contribution in [2.24, 2.45) is 5.92 Å². The molecule has 0 aliphatic carbocycles. The van der Waals surface area contributed by atoms with Crippen molar-refractivity contribution >= 4 is 22.7 Å². The summed E-state index contributed by atoms with van der Waals surface area (Å²) in [7, 11) is 0. The van der Waals surface area contributed by atoms with Gasteiger partial charge < -0.3 is 4.90 Å². The molecule has 116 valence electrons. The molecule has 1 aromatic heterocycles. The molecule has 3 heteroatoms. The fourth-order valence-corrected chi connectivity index (χ4v) is 5.64. The Balaban J connectivity index is 1.49. The summed E-state index contributed by atoms with van der Waals surface area (Å²) in [6.07, 6.45) is 9.11. The molecule has 3 atom stereocenters. The maximum atomic E-state index is 4.60. The van der Waals surface area contributed by atoms with Crippen LogP contribution in [0.1, 0.15) is 32.1 Å². The van der Waals surface area contributed by atoms with Crippen LogP contribution in [0, 0.1) is 5.92 Å². The number of nitrogens with one attached hydrogen (secondary N) is 1. The van der Waals surface area contributed by atoms with Crippen LogP contribution >= 0.6 is 11.8 Å². The van der Waals surface area contributed by atoms with Gasteiger partial charge in [-0.3, -0.25) is 4.98 Å². The minimum Gasteiger partial charge on any atom is -0.332 e. The summed E-state index contributed by atoms with van der Waals surface area (Å²) in [6.45, 7) is 2.84. The Morgan fingerprint density at radius 3 is 2.95 bits per heavy atom. The van der Waals surface area contributed by atoms with Gasteiger partial charge in [-0.2, -0.15) is 0 Å². The van der Waals surface area contributed by atoms with Gasteiger partial charge in [-0.25, -0.2) is 0 Å². The zero-order chi connectivity index (χ0) is 14.8. The Labute approximate surface area is 137 Å². The molecule has 1 unspecified atom stereocenters. The first-order chi connectivity index (χ1) is 10.9. The Kier molecular flexibility index (Phi) is 4.35. The first-order valence-electron chi connectivity index (χ1n) is 8.73. The normalized spacial score (nSPS) is 28.5. The Hall–Kier alpha value is -1.06. The van der Waals surface area contributed by atoms with E-state index in [-0.39, 0.29) is 0 Å². The monoisotopic (exact) mass is 313 g/mol. The summed E-state index contributed by atoms with van der Waals surface area (Å²) >= 11 is 2.04. The van der Waals surface area contributed by atoms with Gasteiger partial charge in [0.1, 0.15) is 0 Å². The van der Waals surface area contributed by atoms with Crippen molar-refractivity contribution < 1.29 is 4.90 Å². The standard InChI is InChI=1S/C19H24N2S/c1-2-12-21-13-5-8-16(17(21)9-1)14-22-18-10-3-6-15-7-4-11-20-19(15)18/h3-4,6-7,10-11,16-17H,1-2,5,8-9,12-14H2/p+1/t16-,17-/m0/s1. The van der Waals surface area contributed by atoms with Crippen molar-refractivity contribution in [2.45, 2.75) is 43.0 Å². The molecule has 0 spiro atoms. The molecular weight excluding hydrogens is 288 g/mol. The third-order valence-corrected chi connectivity index (χ3v) is 6.71. The van der Waals surface area contributed by atoms with Gasteiger partial charge in [0.15, 0.2) is 0 Å². The average Bonchev–Trinajstić information content (AvgIpc) is 2.60. The number of nitrogens with zero attached hydrogens (tertiary/aromatic N) is 1. The van der Waals surface area contributed by atoms with E-state index in [0.29, 0.717) is 0 Å². The van der Waals surface area contributed by atoms with E-state index in [0.717, 1.165) is 12.0 Å². The Bertz CT molecular complexity index is 635. The van der Waals surface area contributed by atoms with Gasteiger partial charge in [-0.1, -0.05) is 18.2 Å². The Morgan fingerprint density at radius 2 is 1.95 bits per heavy atom. The number of pyridine rings is 1. The zero-order valence-corrected chi connectivity index (χ0v) is 13.9. The van der Waals surface area contributed by atoms with Crippen molar-refractivity contribution in [2.75, 3.05) is 18.8 Å². The van der Waals surface area contributed by atoms with Crippen molar-refractivity contribution in [1.29, 1.82) is 0 Å². The molecule has 1 aromatic carbocycles. The topological polar surface area (TPSA) is 17.3 Å². The number of thioether (sulfide) groups is 1. The molecule has 2 aliphatic heterocycles. The molecule has 2 aliphatic rings. The predicted molar refractivity (Wildman–Crippen MR) is 93.5 cm³/mol. The van der Waals surface area contributed by atoms with Crippen LogP contribution in [0.2, 0.25) is 0 Å². The van der Waals surface area contributed by atoms with Crippen LogP contribution in [0.15, 0.2) is 41.4 Å². The number of para-hydroxylation sites is 1. The maximum Gasteiger partial charge on any atom is 0.0911 e. The molecule has 2 fully saturated rings. The Morgan fingerprint density at radius 1 is 1.05 bits per heavy atom. The number of fused-ring (bicyclic) bond motifs is 2. The number of hydrogen-bond donors (Lipinski definition) is 1. The van der Waals surface area contributed by atoms with Gasteiger partial charge in [0.05, 0.1) is 24.6 Å². The first-order valence-corrected chi connectivity index (χ1v) is 9.71. The number of rotatable bonds is 3. The molecule has 0 bridgehead atoms. The van der Waals surface area contributed by atoms with Gasteiger partial charge in [0, 0.05) is 28.1 Å². The third-order valence-electron chi connectivity index (χ3n) is 5.48. The lowest BCUT2D eigenvalue weighted by molar-refractivity contribution is -0.939. The van der Waals surface area contributed by atoms with E-state index in [1.54, 1.807) is 0 Å². The summed E-state index contributed by atoms with van der Waals surface area (Å²) in [6, 6.07) is 11.7. The highest BCUT2D eigenvalue weighted by Crippen LogP contribution is 2.31. The molecule has 2 nitrogen and oxygen atoms in total. The molecule has 1 N–H and O–H groups in total. The lowest BCUT2D eigenvalue weighted by Gasteiger charge is -2.41. The first kappa shape index (κ1) is 14.5. The summed E-state index contributed by atoms with van der Waals surface area (Å²) in [5.41, 5.74) is 1.18. The summed E-state index contributed by atoms with van der Waals surface area (Å²) in [4.78, 5) is 7.86. The fourth-order valence-electron chi connectivity index (χ4n) is 4.37. The average molecular weight is 313 g/mol. The van der Waals surface area contributed by atoms with Crippen molar-refractivity contribution in [3.05, 3.63) is 36.5 Å². The van der Waals surface area contributed by atoms with Crippen LogP contribution in [0.25, 0.3) is 10.9 Å². The van der Waals surface area contributed by atoms with Crippen molar-refractivity contribution in [1.82, 2.24) is 4.98 Å². The van der Waals surface area contributed by atoms with Crippen molar-refractivity contribution in [3.8, 4) is 0 Å². The number of piperidine rings is 2. The third kappa shape index (κ3) is 2.89. The van der Waals surface area contributed by atoms with Crippen LogP contribution in [0.5, 0.6) is 0 Å². The van der Waals surface area contributed by atoms with E-state index in [1.165, 1.54) is 66.7 Å². The predicted octanol–water partition coefficient (Wildman–Crippen LogP) is 3.17. The molecule has 3 heterocycles. The van der Waals surface area contributed by atoms with Gasteiger partial charge in [-0.15, -0.1) is 11.8 Å². The van der Waals surface area contributed by atoms with Gasteiger partial charge in [0.2, 0.25) is 0 Å². The SMILES string of the molecule is c1cnc2c(SC[C@@H]3CCC[NH+]4CCCC[C@@H]34)cccc2c1. The quantitative estimate of drug-likeness (QED) is 0.877. The van der Waals surface area contributed by atoms with Crippen LogP contribution in [-0.2, 0) is 0 Å². The molecule has 2 aromatic rings. The highest BCUT2D eigenvalue weighted by Gasteiger charge is 2.36. The second-order valence-electron chi connectivity index (χ2n) is 6.81. The number of hydrogen-bond acceptors (Lipinski definition) is 2. The summed E-state index contributed by atoms with van der Waals surface area (Å²) in [5, 5.41) is 1.26. The van der Waals surface area contributed by atoms with Gasteiger partial charge in [0.25, 0.3) is 0 Å². The highest BCUT2D eigenvalue weighted by atomic mass is 32.2. The van der Waals surface area contributed by atoms with Gasteiger partial charge >= 0.3 is 0 Å². The number of quaternary nitrogens is 1. The molecule has 0 radical (unpaired) electrons.